The van der Waals surface area contributed by atoms with Crippen molar-refractivity contribution in [3.63, 3.8) is 0 Å². The van der Waals surface area contributed by atoms with Crippen LogP contribution in [0.5, 0.6) is 0 Å². The Morgan fingerprint density at radius 2 is 1.54 bits per heavy atom. The molecule has 0 aliphatic heterocycles. The number of sulfone groups is 1. The predicted molar refractivity (Wildman–Crippen MR) is 65.6 cm³/mol. The van der Waals surface area contributed by atoms with E-state index in [4.69, 9.17) is 5.11 Å². The summed E-state index contributed by atoms with van der Waals surface area (Å²) in [6.07, 6.45) is -18.7. The van der Waals surface area contributed by atoms with Gasteiger partial charge in [-0.3, -0.25) is 4.79 Å². The fourth-order valence-electron chi connectivity index (χ4n) is 1.98. The summed E-state index contributed by atoms with van der Waals surface area (Å²) >= 11 is 0. The highest BCUT2D eigenvalue weighted by atomic mass is 32.2. The Balaban J connectivity index is 5.85. The van der Waals surface area contributed by atoms with Crippen LogP contribution in [0.15, 0.2) is 0 Å². The van der Waals surface area contributed by atoms with Crippen LogP contribution in [0, 0.1) is 0 Å². The van der Waals surface area contributed by atoms with Crippen molar-refractivity contribution >= 4 is 15.8 Å². The molecule has 0 amide bonds. The molecule has 13 heteroatoms. The Kier molecular flexibility index (Phi) is 7.05. The lowest BCUT2D eigenvalue weighted by molar-refractivity contribution is -0.154. The van der Waals surface area contributed by atoms with E-state index in [1.54, 1.807) is 0 Å². The first kappa shape index (κ1) is 22.9. The fraction of sp³-hybridized carbons (Fsp3) is 0.909. The Labute approximate surface area is 131 Å². The Bertz CT molecular complexity index is 545. The van der Waals surface area contributed by atoms with E-state index in [1.807, 2.05) is 0 Å². The summed E-state index contributed by atoms with van der Waals surface area (Å²) in [6.45, 7) is 0.729. The van der Waals surface area contributed by atoms with Crippen molar-refractivity contribution in [1.82, 2.24) is 0 Å². The van der Waals surface area contributed by atoms with Gasteiger partial charge >= 0.3 is 24.5 Å². The van der Waals surface area contributed by atoms with Gasteiger partial charge in [0.25, 0.3) is 0 Å². The topological polar surface area (TPSA) is 71.4 Å². The second kappa shape index (κ2) is 7.40. The first-order chi connectivity index (χ1) is 10.5. The van der Waals surface area contributed by atoms with Crippen LogP contribution in [0.2, 0.25) is 0 Å². The Morgan fingerprint density at radius 3 is 1.83 bits per heavy atom. The first-order valence-electron chi connectivity index (χ1n) is 6.36. The van der Waals surface area contributed by atoms with E-state index in [0.29, 0.717) is 0 Å². The van der Waals surface area contributed by atoms with Gasteiger partial charge in [0.1, 0.15) is 6.17 Å². The first-order valence-corrected chi connectivity index (χ1v) is 8.01. The zero-order chi connectivity index (χ0) is 19.6. The van der Waals surface area contributed by atoms with Gasteiger partial charge in [0.05, 0.1) is 18.6 Å². The Hall–Kier alpha value is -1.14. The third kappa shape index (κ3) is 4.93. The molecule has 0 aromatic heterocycles. The quantitative estimate of drug-likeness (QED) is 0.610. The van der Waals surface area contributed by atoms with Crippen molar-refractivity contribution in [2.24, 2.45) is 0 Å². The molecule has 4 nitrogen and oxygen atoms in total. The molecular weight excluding hydrogens is 380 g/mol. The summed E-state index contributed by atoms with van der Waals surface area (Å²) in [6, 6.07) is 0. The molecule has 0 rings (SSSR count). The second-order valence-corrected chi connectivity index (χ2v) is 7.33. The van der Waals surface area contributed by atoms with Crippen molar-refractivity contribution in [2.75, 3.05) is 5.75 Å². The third-order valence-corrected chi connectivity index (χ3v) is 5.94. The summed E-state index contributed by atoms with van der Waals surface area (Å²) in [5, 5.41) is 8.96. The van der Waals surface area contributed by atoms with Crippen LogP contribution >= 0.6 is 0 Å². The molecule has 2 unspecified atom stereocenters. The lowest BCUT2D eigenvalue weighted by atomic mass is 9.94. The van der Waals surface area contributed by atoms with Gasteiger partial charge in [-0.15, -0.1) is 0 Å². The monoisotopic (exact) mass is 394 g/mol. The third-order valence-electron chi connectivity index (χ3n) is 3.37. The number of hydrogen-bond acceptors (Lipinski definition) is 3. The summed E-state index contributed by atoms with van der Waals surface area (Å²) in [7, 11) is -5.44. The molecule has 0 aliphatic rings. The van der Waals surface area contributed by atoms with Crippen molar-refractivity contribution in [3.8, 4) is 0 Å². The minimum absolute atomic E-state index is 0.729. The van der Waals surface area contributed by atoms with E-state index in [9.17, 15) is 48.3 Å². The highest BCUT2D eigenvalue weighted by molar-refractivity contribution is 7.93. The van der Waals surface area contributed by atoms with Gasteiger partial charge in [-0.25, -0.2) is 30.4 Å². The average Bonchev–Trinajstić information content (AvgIpc) is 2.35. The molecule has 0 spiro atoms. The highest BCUT2D eigenvalue weighted by Crippen LogP contribution is 2.39. The van der Waals surface area contributed by atoms with Gasteiger partial charge in [-0.1, -0.05) is 6.92 Å². The average molecular weight is 394 g/mol. The zero-order valence-electron chi connectivity index (χ0n) is 12.1. The normalized spacial score (nSPS) is 17.6. The maximum atomic E-state index is 14.1. The van der Waals surface area contributed by atoms with Crippen molar-refractivity contribution in [1.29, 1.82) is 0 Å². The smallest absolute Gasteiger partial charge is 0.390 e. The zero-order valence-corrected chi connectivity index (χ0v) is 12.9. The lowest BCUT2D eigenvalue weighted by Crippen LogP contribution is -2.56. The molecule has 0 bridgehead atoms. The van der Waals surface area contributed by atoms with Crippen LogP contribution in [0.3, 0.4) is 0 Å². The number of hydrogen-bond donors (Lipinski definition) is 1. The van der Waals surface area contributed by atoms with Crippen LogP contribution in [-0.2, 0) is 14.6 Å². The second-order valence-electron chi connectivity index (χ2n) is 4.97. The van der Waals surface area contributed by atoms with E-state index >= 15 is 0 Å². The number of rotatable bonds is 9. The standard InChI is InChI=1S/C11H14F8O4S/c1-2-9(8(20)21,6(12)5-10(15,16)7(13)14)24(22,23)4-3-11(17,18)19/h6-7H,2-5H2,1H3,(H,20,21). The highest BCUT2D eigenvalue weighted by Gasteiger charge is 2.60. The van der Waals surface area contributed by atoms with Gasteiger partial charge in [0.15, 0.2) is 14.6 Å². The van der Waals surface area contributed by atoms with Gasteiger partial charge in [-0.05, 0) is 6.42 Å². The van der Waals surface area contributed by atoms with Crippen LogP contribution in [0.4, 0.5) is 35.1 Å². The van der Waals surface area contributed by atoms with E-state index < -0.39 is 70.3 Å². The molecule has 0 radical (unpaired) electrons. The molecule has 0 aromatic rings. The predicted octanol–water partition coefficient (Wildman–Crippen LogP) is 3.22. The SMILES string of the molecule is CCC(C(=O)O)(C(F)CC(F)(F)C(F)F)S(=O)(=O)CCC(F)(F)F. The van der Waals surface area contributed by atoms with Gasteiger partial charge < -0.3 is 5.11 Å². The molecular formula is C11H14F8O4S. The minimum atomic E-state index is -5.44. The van der Waals surface area contributed by atoms with E-state index in [0.717, 1.165) is 6.92 Å². The molecule has 0 aliphatic carbocycles. The maximum Gasteiger partial charge on any atom is 0.390 e. The number of alkyl halides is 8. The Morgan fingerprint density at radius 1 is 1.08 bits per heavy atom. The molecule has 0 heterocycles. The molecule has 0 saturated heterocycles. The van der Waals surface area contributed by atoms with Crippen molar-refractivity contribution < 1.29 is 53.4 Å². The van der Waals surface area contributed by atoms with Crippen molar-refractivity contribution in [3.05, 3.63) is 0 Å². The number of aliphatic carboxylic acids is 1. The van der Waals surface area contributed by atoms with E-state index in [-0.39, 0.29) is 0 Å². The summed E-state index contributed by atoms with van der Waals surface area (Å²) in [5.74, 6) is -9.45. The molecule has 1 N–H and O–H groups in total. The number of carboxylic acid groups (broad SMARTS) is 1. The summed E-state index contributed by atoms with van der Waals surface area (Å²) in [5.41, 5.74) is 0. The van der Waals surface area contributed by atoms with Crippen LogP contribution in [0.1, 0.15) is 26.2 Å². The number of carboxylic acids is 1. The molecule has 0 saturated carbocycles. The summed E-state index contributed by atoms with van der Waals surface area (Å²) < 4.78 is 121. The molecule has 24 heavy (non-hydrogen) atoms. The maximum absolute atomic E-state index is 14.1. The largest absolute Gasteiger partial charge is 0.480 e. The van der Waals surface area contributed by atoms with E-state index in [2.05, 4.69) is 0 Å². The molecule has 0 fully saturated rings. The minimum Gasteiger partial charge on any atom is -0.480 e. The van der Waals surface area contributed by atoms with Gasteiger partial charge in [-0.2, -0.15) is 13.2 Å². The summed E-state index contributed by atoms with van der Waals surface area (Å²) in [4.78, 5) is 11.2. The number of carbonyl (C=O) groups is 1. The van der Waals surface area contributed by atoms with Gasteiger partial charge in [0, 0.05) is 0 Å². The van der Waals surface area contributed by atoms with Crippen molar-refractivity contribution in [2.45, 2.75) is 55.6 Å². The number of halogens is 8. The molecule has 2 atom stereocenters. The lowest BCUT2D eigenvalue weighted by Gasteiger charge is -2.33. The van der Waals surface area contributed by atoms with Crippen LogP contribution in [-0.4, -0.2) is 54.7 Å². The van der Waals surface area contributed by atoms with Gasteiger partial charge in [0.2, 0.25) is 0 Å². The van der Waals surface area contributed by atoms with Crippen LogP contribution < -0.4 is 0 Å². The van der Waals surface area contributed by atoms with Crippen LogP contribution in [0.25, 0.3) is 0 Å². The van der Waals surface area contributed by atoms with E-state index in [1.165, 1.54) is 0 Å². The molecule has 0 aromatic carbocycles. The fourth-order valence-corrected chi connectivity index (χ4v) is 4.02. The molecule has 144 valence electrons.